The molecule has 3 aromatic heterocycles. The molecule has 2 fully saturated rings. The van der Waals surface area contributed by atoms with Crippen LogP contribution in [0.1, 0.15) is 82.9 Å². The summed E-state index contributed by atoms with van der Waals surface area (Å²) in [5, 5.41) is 2.25. The Morgan fingerprint density at radius 2 is 1.44 bits per heavy atom. The van der Waals surface area contributed by atoms with Gasteiger partial charge in [-0.3, -0.25) is 9.88 Å². The number of fused-ring (bicyclic) bond motifs is 1. The Bertz CT molecular complexity index is 1760. The van der Waals surface area contributed by atoms with Gasteiger partial charge in [-0.2, -0.15) is 0 Å². The van der Waals surface area contributed by atoms with Crippen LogP contribution in [0.25, 0.3) is 44.5 Å². The van der Waals surface area contributed by atoms with Crippen LogP contribution in [0.2, 0.25) is 0 Å². The van der Waals surface area contributed by atoms with Crippen LogP contribution in [-0.4, -0.2) is 48.1 Å². The number of hydrogen-bond donors (Lipinski definition) is 2. The van der Waals surface area contributed by atoms with E-state index in [1.54, 1.807) is 4.90 Å². The van der Waals surface area contributed by atoms with Crippen LogP contribution < -0.4 is 0 Å². The highest BCUT2D eigenvalue weighted by molar-refractivity contribution is 5.89. The Morgan fingerprint density at radius 1 is 0.767 bits per heavy atom. The first-order valence-corrected chi connectivity index (χ1v) is 15.4. The molecular weight excluding hydrogens is 536 g/mol. The maximum Gasteiger partial charge on any atom is 0.410 e. The Balaban J connectivity index is 1.06. The first-order valence-electron chi connectivity index (χ1n) is 15.4. The van der Waals surface area contributed by atoms with Crippen LogP contribution in [0.5, 0.6) is 0 Å². The quantitative estimate of drug-likeness (QED) is 0.219. The number of pyridine rings is 1. The van der Waals surface area contributed by atoms with Gasteiger partial charge in [0.1, 0.15) is 17.2 Å². The summed E-state index contributed by atoms with van der Waals surface area (Å²) in [6.07, 6.45) is 12.3. The SMILES string of the molecule is CC(C)(C)OC(=O)N1CCC[C@H]1c1ncc(-c2ccc(-c3cc4ccc(-c5cnc(C6CCCC6)[nH]5)cc4cn3)cc2)[nH]1. The van der Waals surface area contributed by atoms with Crippen molar-refractivity contribution in [2.75, 3.05) is 6.54 Å². The third-order valence-electron chi connectivity index (χ3n) is 8.65. The van der Waals surface area contributed by atoms with E-state index in [0.29, 0.717) is 12.5 Å². The molecule has 8 nitrogen and oxygen atoms in total. The number of nitrogens with zero attached hydrogens (tertiary/aromatic N) is 4. The highest BCUT2D eigenvalue weighted by atomic mass is 16.6. The van der Waals surface area contributed by atoms with Crippen molar-refractivity contribution in [3.05, 3.63) is 78.8 Å². The zero-order valence-corrected chi connectivity index (χ0v) is 25.1. The molecule has 0 radical (unpaired) electrons. The second-order valence-electron chi connectivity index (χ2n) is 12.9. The number of likely N-dealkylation sites (tertiary alicyclic amines) is 1. The highest BCUT2D eigenvalue weighted by Crippen LogP contribution is 2.35. The number of H-pyrrole nitrogens is 2. The molecule has 2 aromatic carbocycles. The fourth-order valence-corrected chi connectivity index (χ4v) is 6.42. The van der Waals surface area contributed by atoms with Gasteiger partial charge >= 0.3 is 6.09 Å². The van der Waals surface area contributed by atoms with Gasteiger partial charge in [0.05, 0.1) is 35.5 Å². The van der Waals surface area contributed by atoms with Gasteiger partial charge in [-0.1, -0.05) is 49.2 Å². The molecule has 1 saturated carbocycles. The third kappa shape index (κ3) is 5.66. The molecule has 5 aromatic rings. The van der Waals surface area contributed by atoms with E-state index in [9.17, 15) is 4.79 Å². The van der Waals surface area contributed by atoms with Gasteiger partial charge < -0.3 is 14.7 Å². The lowest BCUT2D eigenvalue weighted by Gasteiger charge is -2.27. The van der Waals surface area contributed by atoms with Crippen LogP contribution >= 0.6 is 0 Å². The van der Waals surface area contributed by atoms with E-state index >= 15 is 0 Å². The van der Waals surface area contributed by atoms with Crippen molar-refractivity contribution in [1.29, 1.82) is 0 Å². The minimum absolute atomic E-state index is 0.104. The minimum atomic E-state index is -0.526. The zero-order chi connectivity index (χ0) is 29.6. The molecule has 0 bridgehead atoms. The molecule has 1 aliphatic carbocycles. The number of benzene rings is 2. The summed E-state index contributed by atoms with van der Waals surface area (Å²) in [7, 11) is 0. The predicted molar refractivity (Wildman–Crippen MR) is 168 cm³/mol. The topological polar surface area (TPSA) is 99.8 Å². The molecular formula is C35H38N6O2. The summed E-state index contributed by atoms with van der Waals surface area (Å²) < 4.78 is 5.63. The van der Waals surface area contributed by atoms with E-state index in [2.05, 4.69) is 68.5 Å². The number of rotatable bonds is 5. The number of aromatic nitrogens is 5. The molecule has 1 aliphatic heterocycles. The Hall–Kier alpha value is -4.46. The van der Waals surface area contributed by atoms with Crippen LogP contribution in [0.4, 0.5) is 4.79 Å². The molecule has 220 valence electrons. The first-order chi connectivity index (χ1) is 20.8. The summed E-state index contributed by atoms with van der Waals surface area (Å²) in [6.45, 7) is 6.35. The van der Waals surface area contributed by atoms with Crippen molar-refractivity contribution in [3.8, 4) is 33.8 Å². The van der Waals surface area contributed by atoms with Gasteiger partial charge in [0.15, 0.2) is 0 Å². The second-order valence-corrected chi connectivity index (χ2v) is 12.9. The van der Waals surface area contributed by atoms with E-state index in [4.69, 9.17) is 9.72 Å². The second kappa shape index (κ2) is 11.0. The van der Waals surface area contributed by atoms with Crippen molar-refractivity contribution in [2.24, 2.45) is 0 Å². The number of nitrogens with one attached hydrogen (secondary N) is 2. The first kappa shape index (κ1) is 27.4. The Kier molecular flexibility index (Phi) is 7.00. The minimum Gasteiger partial charge on any atom is -0.444 e. The maximum absolute atomic E-state index is 12.8. The van der Waals surface area contributed by atoms with Crippen LogP contribution in [0.3, 0.4) is 0 Å². The number of ether oxygens (including phenoxy) is 1. The summed E-state index contributed by atoms with van der Waals surface area (Å²) >= 11 is 0. The summed E-state index contributed by atoms with van der Waals surface area (Å²) in [4.78, 5) is 35.7. The van der Waals surface area contributed by atoms with E-state index in [1.807, 2.05) is 39.4 Å². The molecule has 1 amide bonds. The molecule has 1 saturated heterocycles. The van der Waals surface area contributed by atoms with Crippen molar-refractivity contribution >= 4 is 16.9 Å². The molecule has 8 heteroatoms. The van der Waals surface area contributed by atoms with E-state index in [1.165, 1.54) is 25.7 Å². The Labute approximate surface area is 251 Å². The van der Waals surface area contributed by atoms with Crippen LogP contribution in [0, 0.1) is 0 Å². The summed E-state index contributed by atoms with van der Waals surface area (Å²) in [5.74, 6) is 2.49. The number of imidazole rings is 2. The number of carbonyl (C=O) groups excluding carboxylic acids is 1. The number of aromatic amines is 2. The van der Waals surface area contributed by atoms with Crippen molar-refractivity contribution < 1.29 is 9.53 Å². The summed E-state index contributed by atoms with van der Waals surface area (Å²) in [6, 6.07) is 16.9. The molecule has 0 unspecified atom stereocenters. The molecule has 0 spiro atoms. The van der Waals surface area contributed by atoms with Crippen LogP contribution in [0.15, 0.2) is 67.1 Å². The fourth-order valence-electron chi connectivity index (χ4n) is 6.42. The molecule has 1 atom stereocenters. The smallest absolute Gasteiger partial charge is 0.410 e. The lowest BCUT2D eigenvalue weighted by atomic mass is 10.0. The third-order valence-corrected chi connectivity index (χ3v) is 8.65. The zero-order valence-electron chi connectivity index (χ0n) is 25.1. The van der Waals surface area contributed by atoms with Gasteiger partial charge in [-0.15, -0.1) is 0 Å². The number of hydrogen-bond acceptors (Lipinski definition) is 5. The van der Waals surface area contributed by atoms with Crippen LogP contribution in [-0.2, 0) is 4.74 Å². The molecule has 2 N–H and O–H groups in total. The van der Waals surface area contributed by atoms with Gasteiger partial charge in [-0.05, 0) is 69.5 Å². The average Bonchev–Trinajstić information content (AvgIpc) is 3.82. The molecule has 43 heavy (non-hydrogen) atoms. The number of carbonyl (C=O) groups is 1. The molecule has 2 aliphatic rings. The van der Waals surface area contributed by atoms with Crippen molar-refractivity contribution in [2.45, 2.75) is 76.9 Å². The van der Waals surface area contributed by atoms with Crippen molar-refractivity contribution in [3.63, 3.8) is 0 Å². The monoisotopic (exact) mass is 574 g/mol. The predicted octanol–water partition coefficient (Wildman–Crippen LogP) is 8.41. The Morgan fingerprint density at radius 3 is 2.21 bits per heavy atom. The number of amides is 1. The summed E-state index contributed by atoms with van der Waals surface area (Å²) in [5.41, 5.74) is 5.61. The van der Waals surface area contributed by atoms with Crippen molar-refractivity contribution in [1.82, 2.24) is 29.8 Å². The average molecular weight is 575 g/mol. The lowest BCUT2D eigenvalue weighted by molar-refractivity contribution is 0.0218. The molecule has 4 heterocycles. The van der Waals surface area contributed by atoms with Gasteiger partial charge in [0.25, 0.3) is 0 Å². The standard InChI is InChI=1S/C35H38N6O2/c1-35(2,3)43-34(42)41-16-6-9-31(41)33-38-20-29(40-33)23-12-10-22(11-13-23)28-18-25-14-15-26(17-27(25)19-36-28)30-21-37-32(39-30)24-7-4-5-8-24/h10-15,17-21,24,31H,4-9,16H2,1-3H3,(H,37,39)(H,38,40)/t31-/m0/s1. The fraction of sp³-hybridized carbons (Fsp3) is 0.371. The maximum atomic E-state index is 12.8. The van der Waals surface area contributed by atoms with Gasteiger partial charge in [0, 0.05) is 35.2 Å². The molecule has 7 rings (SSSR count). The largest absolute Gasteiger partial charge is 0.444 e. The lowest BCUT2D eigenvalue weighted by Crippen LogP contribution is -2.36. The van der Waals surface area contributed by atoms with Gasteiger partial charge in [0.2, 0.25) is 0 Å². The normalized spacial score (nSPS) is 17.7. The van der Waals surface area contributed by atoms with E-state index < -0.39 is 5.60 Å². The van der Waals surface area contributed by atoms with Gasteiger partial charge in [-0.25, -0.2) is 14.8 Å². The van der Waals surface area contributed by atoms with E-state index in [-0.39, 0.29) is 12.1 Å². The van der Waals surface area contributed by atoms with E-state index in [0.717, 1.165) is 69.0 Å². The highest BCUT2D eigenvalue weighted by Gasteiger charge is 2.34.